The lowest BCUT2D eigenvalue weighted by Crippen LogP contribution is -2.19. The Balaban J connectivity index is 1.56. The Bertz CT molecular complexity index is 1280. The number of benzene rings is 3. The molecule has 0 radical (unpaired) electrons. The number of ether oxygens (including phenoxy) is 2. The first-order chi connectivity index (χ1) is 16.4. The van der Waals surface area contributed by atoms with Crippen molar-refractivity contribution < 1.29 is 14.3 Å². The van der Waals surface area contributed by atoms with Crippen molar-refractivity contribution in [2.75, 3.05) is 6.61 Å². The molecule has 1 saturated heterocycles. The highest BCUT2D eigenvalue weighted by molar-refractivity contribution is 9.10. The van der Waals surface area contributed by atoms with Gasteiger partial charge in [-0.25, -0.2) is 4.99 Å². The fourth-order valence-electron chi connectivity index (χ4n) is 3.17. The summed E-state index contributed by atoms with van der Waals surface area (Å²) in [5.41, 5.74) is 3.62. The van der Waals surface area contributed by atoms with Crippen LogP contribution in [0.1, 0.15) is 23.6 Å². The summed E-state index contributed by atoms with van der Waals surface area (Å²) in [6, 6.07) is 19.0. The summed E-state index contributed by atoms with van der Waals surface area (Å²) in [7, 11) is 0. The molecule has 1 fully saturated rings. The van der Waals surface area contributed by atoms with Crippen molar-refractivity contribution in [3.63, 3.8) is 0 Å². The molecule has 0 bridgehead atoms. The Morgan fingerprint density at radius 1 is 1.09 bits per heavy atom. The summed E-state index contributed by atoms with van der Waals surface area (Å²) in [6.45, 7) is 4.71. The number of amidine groups is 1. The zero-order valence-corrected chi connectivity index (χ0v) is 21.8. The van der Waals surface area contributed by atoms with E-state index in [2.05, 4.69) is 26.2 Å². The molecular weight excluding hydrogens is 536 g/mol. The molecule has 0 unspecified atom stereocenters. The third-order valence-electron chi connectivity index (χ3n) is 4.91. The number of aryl methyl sites for hydroxylation is 1. The van der Waals surface area contributed by atoms with Gasteiger partial charge in [-0.05, 0) is 67.6 Å². The fourth-order valence-corrected chi connectivity index (χ4v) is 4.63. The highest BCUT2D eigenvalue weighted by atomic mass is 79.9. The second-order valence-electron chi connectivity index (χ2n) is 7.45. The molecule has 0 saturated carbocycles. The molecule has 0 atom stereocenters. The summed E-state index contributed by atoms with van der Waals surface area (Å²) >= 11 is 11.1. The standard InChI is InChI=1S/C26H22BrClN2O3S/c1-3-32-22-12-18(20(27)14-23(22)33-15-17-6-4-5-7-21(17)28)13-24-25(31)30-26(34-24)29-19-10-8-16(2)9-11-19/h4-14H,3,15H2,1-2H3,(H,29,30,31)/b24-13+. The van der Waals surface area contributed by atoms with Crippen molar-refractivity contribution in [1.29, 1.82) is 0 Å². The normalized spacial score (nSPS) is 15.6. The van der Waals surface area contributed by atoms with Crippen LogP contribution in [0.25, 0.3) is 6.08 Å². The summed E-state index contributed by atoms with van der Waals surface area (Å²) < 4.78 is 12.6. The molecule has 174 valence electrons. The summed E-state index contributed by atoms with van der Waals surface area (Å²) in [6.07, 6.45) is 1.81. The van der Waals surface area contributed by atoms with E-state index >= 15 is 0 Å². The van der Waals surface area contributed by atoms with Crippen LogP contribution >= 0.6 is 39.3 Å². The fraction of sp³-hybridized carbons (Fsp3) is 0.154. The van der Waals surface area contributed by atoms with E-state index in [1.54, 1.807) is 0 Å². The first kappa shape index (κ1) is 24.4. The number of carbonyl (C=O) groups is 1. The number of nitrogens with one attached hydrogen (secondary N) is 1. The van der Waals surface area contributed by atoms with Gasteiger partial charge in [-0.3, -0.25) is 4.79 Å². The molecule has 1 aliphatic rings. The third kappa shape index (κ3) is 6.03. The SMILES string of the molecule is CCOc1cc(/C=C2/SC(=Nc3ccc(C)cc3)NC2=O)c(Br)cc1OCc1ccccc1Cl. The minimum Gasteiger partial charge on any atom is -0.490 e. The van der Waals surface area contributed by atoms with Gasteiger partial charge >= 0.3 is 0 Å². The predicted octanol–water partition coefficient (Wildman–Crippen LogP) is 7.28. The van der Waals surface area contributed by atoms with Gasteiger partial charge in [0.05, 0.1) is 17.2 Å². The van der Waals surface area contributed by atoms with E-state index in [1.807, 2.05) is 80.6 Å². The van der Waals surface area contributed by atoms with Crippen molar-refractivity contribution in [3.8, 4) is 11.5 Å². The summed E-state index contributed by atoms with van der Waals surface area (Å²) in [5, 5.41) is 4.01. The van der Waals surface area contributed by atoms with Crippen LogP contribution in [0.15, 0.2) is 75.0 Å². The minimum absolute atomic E-state index is 0.195. The molecule has 34 heavy (non-hydrogen) atoms. The van der Waals surface area contributed by atoms with Crippen LogP contribution in [0.3, 0.4) is 0 Å². The highest BCUT2D eigenvalue weighted by Crippen LogP contribution is 2.37. The molecule has 3 aromatic carbocycles. The Kier molecular flexibility index (Phi) is 7.98. The largest absolute Gasteiger partial charge is 0.490 e. The Labute approximate surface area is 216 Å². The van der Waals surface area contributed by atoms with E-state index in [-0.39, 0.29) is 5.91 Å². The van der Waals surface area contributed by atoms with Gasteiger partial charge in [0.1, 0.15) is 6.61 Å². The maximum Gasteiger partial charge on any atom is 0.264 e. The molecule has 0 spiro atoms. The molecule has 1 amide bonds. The average molecular weight is 558 g/mol. The van der Waals surface area contributed by atoms with E-state index in [4.69, 9.17) is 21.1 Å². The Hall–Kier alpha value is -2.74. The van der Waals surface area contributed by atoms with Gasteiger partial charge in [-0.2, -0.15) is 0 Å². The molecule has 1 aliphatic heterocycles. The number of rotatable bonds is 7. The van der Waals surface area contributed by atoms with Gasteiger partial charge in [-0.1, -0.05) is 63.4 Å². The lowest BCUT2D eigenvalue weighted by atomic mass is 10.1. The Morgan fingerprint density at radius 3 is 2.56 bits per heavy atom. The van der Waals surface area contributed by atoms with Gasteiger partial charge < -0.3 is 14.8 Å². The molecule has 1 N–H and O–H groups in total. The number of nitrogens with zero attached hydrogens (tertiary/aromatic N) is 1. The van der Waals surface area contributed by atoms with Crippen LogP contribution in [0.2, 0.25) is 5.02 Å². The average Bonchev–Trinajstić information content (AvgIpc) is 3.16. The van der Waals surface area contributed by atoms with Crippen molar-refractivity contribution >= 4 is 62.1 Å². The predicted molar refractivity (Wildman–Crippen MR) is 143 cm³/mol. The number of thioether (sulfide) groups is 1. The molecule has 0 aliphatic carbocycles. The number of amides is 1. The van der Waals surface area contributed by atoms with Crippen LogP contribution < -0.4 is 14.8 Å². The Morgan fingerprint density at radius 2 is 1.82 bits per heavy atom. The van der Waals surface area contributed by atoms with Crippen LogP contribution in [0.5, 0.6) is 11.5 Å². The molecule has 3 aromatic rings. The molecule has 5 nitrogen and oxygen atoms in total. The second kappa shape index (κ2) is 11.1. The monoisotopic (exact) mass is 556 g/mol. The number of hydrogen-bond donors (Lipinski definition) is 1. The second-order valence-corrected chi connectivity index (χ2v) is 9.74. The first-order valence-electron chi connectivity index (χ1n) is 10.6. The first-order valence-corrected chi connectivity index (χ1v) is 12.6. The van der Waals surface area contributed by atoms with Gasteiger partial charge in [0.2, 0.25) is 0 Å². The number of hydrogen-bond acceptors (Lipinski definition) is 5. The topological polar surface area (TPSA) is 59.9 Å². The molecule has 1 heterocycles. The van der Waals surface area contributed by atoms with Gasteiger partial charge in [-0.15, -0.1) is 0 Å². The van der Waals surface area contributed by atoms with Crippen molar-refractivity contribution in [2.24, 2.45) is 4.99 Å². The minimum atomic E-state index is -0.195. The maximum atomic E-state index is 12.5. The molecular formula is C26H22BrClN2O3S. The zero-order chi connectivity index (χ0) is 24.1. The lowest BCUT2D eigenvalue weighted by Gasteiger charge is -2.14. The zero-order valence-electron chi connectivity index (χ0n) is 18.6. The van der Waals surface area contributed by atoms with Crippen LogP contribution in [-0.2, 0) is 11.4 Å². The summed E-state index contributed by atoms with van der Waals surface area (Å²) in [4.78, 5) is 17.6. The van der Waals surface area contributed by atoms with E-state index in [0.717, 1.165) is 26.9 Å². The molecule has 4 rings (SSSR count). The van der Waals surface area contributed by atoms with E-state index < -0.39 is 0 Å². The third-order valence-corrected chi connectivity index (χ3v) is 6.87. The molecule has 8 heteroatoms. The van der Waals surface area contributed by atoms with Crippen molar-refractivity contribution in [1.82, 2.24) is 5.32 Å². The smallest absolute Gasteiger partial charge is 0.264 e. The van der Waals surface area contributed by atoms with Gasteiger partial charge in [0.15, 0.2) is 16.7 Å². The molecule has 0 aromatic heterocycles. The van der Waals surface area contributed by atoms with Crippen LogP contribution in [-0.4, -0.2) is 17.7 Å². The van der Waals surface area contributed by atoms with Crippen molar-refractivity contribution in [2.45, 2.75) is 20.5 Å². The van der Waals surface area contributed by atoms with E-state index in [0.29, 0.717) is 39.8 Å². The number of carbonyl (C=O) groups excluding carboxylic acids is 1. The van der Waals surface area contributed by atoms with Crippen LogP contribution in [0.4, 0.5) is 5.69 Å². The van der Waals surface area contributed by atoms with Crippen LogP contribution in [0, 0.1) is 6.92 Å². The maximum absolute atomic E-state index is 12.5. The highest BCUT2D eigenvalue weighted by Gasteiger charge is 2.24. The quantitative estimate of drug-likeness (QED) is 0.310. The number of halogens is 2. The lowest BCUT2D eigenvalue weighted by molar-refractivity contribution is -0.115. The number of aliphatic imine (C=N–C) groups is 1. The van der Waals surface area contributed by atoms with Gasteiger partial charge in [0, 0.05) is 15.1 Å². The van der Waals surface area contributed by atoms with Gasteiger partial charge in [0.25, 0.3) is 5.91 Å². The van der Waals surface area contributed by atoms with E-state index in [9.17, 15) is 4.79 Å². The van der Waals surface area contributed by atoms with E-state index in [1.165, 1.54) is 11.8 Å². The summed E-state index contributed by atoms with van der Waals surface area (Å²) in [5.74, 6) is 0.974. The van der Waals surface area contributed by atoms with Crippen molar-refractivity contribution in [3.05, 3.63) is 91.8 Å².